The first-order valence-corrected chi connectivity index (χ1v) is 7.84. The highest BCUT2D eigenvalue weighted by molar-refractivity contribution is 5.81. The summed E-state index contributed by atoms with van der Waals surface area (Å²) in [7, 11) is 0. The fourth-order valence-corrected chi connectivity index (χ4v) is 2.69. The Hall–Kier alpha value is -0.990. The number of hydrogen-bond acceptors (Lipinski definition) is 7. The molecule has 2 aliphatic rings. The van der Waals surface area contributed by atoms with Crippen molar-refractivity contribution in [2.75, 3.05) is 13.2 Å². The summed E-state index contributed by atoms with van der Waals surface area (Å²) < 4.78 is 27.5. The van der Waals surface area contributed by atoms with Crippen LogP contribution in [0.4, 0.5) is 0 Å². The molecule has 0 radical (unpaired) electrons. The Morgan fingerprint density at radius 2 is 1.96 bits per heavy atom. The number of esters is 1. The number of aliphatic hydroxyl groups is 1. The first-order chi connectivity index (χ1) is 10.6. The molecule has 0 spiro atoms. The summed E-state index contributed by atoms with van der Waals surface area (Å²) in [6.07, 6.45) is 0.104. The minimum absolute atomic E-state index is 0.267. The van der Waals surface area contributed by atoms with Gasteiger partial charge in [-0.1, -0.05) is 0 Å². The lowest BCUT2D eigenvalue weighted by molar-refractivity contribution is -0.178. The highest BCUT2D eigenvalue weighted by Gasteiger charge is 2.49. The lowest BCUT2D eigenvalue weighted by Gasteiger charge is -2.26. The minimum Gasteiger partial charge on any atom is -0.463 e. The summed E-state index contributed by atoms with van der Waals surface area (Å²) in [5.74, 6) is -2.07. The Labute approximate surface area is 136 Å². The summed E-state index contributed by atoms with van der Waals surface area (Å²) in [5, 5.41) is 10.6. The van der Waals surface area contributed by atoms with Gasteiger partial charge in [0.1, 0.15) is 24.4 Å². The van der Waals surface area contributed by atoms with E-state index in [1.54, 1.807) is 40.7 Å². The van der Waals surface area contributed by atoms with Gasteiger partial charge < -0.3 is 28.8 Å². The lowest BCUT2D eigenvalue weighted by atomic mass is 10.0. The Bertz CT molecular complexity index is 457. The molecule has 0 aromatic heterocycles. The van der Waals surface area contributed by atoms with E-state index >= 15 is 0 Å². The number of ether oxygens (including phenoxy) is 5. The van der Waals surface area contributed by atoms with Crippen molar-refractivity contribution in [2.45, 2.75) is 70.6 Å². The Morgan fingerprint density at radius 1 is 1.26 bits per heavy atom. The van der Waals surface area contributed by atoms with Crippen molar-refractivity contribution in [1.82, 2.24) is 0 Å². The van der Waals surface area contributed by atoms with Crippen molar-refractivity contribution < 1.29 is 33.6 Å². The van der Waals surface area contributed by atoms with Crippen molar-refractivity contribution in [3.63, 3.8) is 0 Å². The van der Waals surface area contributed by atoms with Crippen LogP contribution in [0.15, 0.2) is 12.2 Å². The molecule has 2 heterocycles. The van der Waals surface area contributed by atoms with Crippen LogP contribution in [0.5, 0.6) is 0 Å². The third-order valence-electron chi connectivity index (χ3n) is 3.62. The van der Waals surface area contributed by atoms with Gasteiger partial charge in [-0.3, -0.25) is 0 Å². The van der Waals surface area contributed by atoms with E-state index in [9.17, 15) is 9.90 Å². The van der Waals surface area contributed by atoms with Gasteiger partial charge in [-0.05, 0) is 40.7 Å². The van der Waals surface area contributed by atoms with Crippen LogP contribution in [0.2, 0.25) is 0 Å². The normalized spacial score (nSPS) is 33.9. The van der Waals surface area contributed by atoms with Crippen LogP contribution >= 0.6 is 0 Å². The molecular formula is C16H26O7. The Kier molecular flexibility index (Phi) is 5.48. The molecule has 23 heavy (non-hydrogen) atoms. The van der Waals surface area contributed by atoms with E-state index in [2.05, 4.69) is 0 Å². The molecule has 0 amide bonds. The van der Waals surface area contributed by atoms with Crippen LogP contribution < -0.4 is 0 Å². The van der Waals surface area contributed by atoms with E-state index in [1.807, 2.05) is 0 Å². The molecule has 4 atom stereocenters. The van der Waals surface area contributed by atoms with Gasteiger partial charge >= 0.3 is 5.97 Å². The van der Waals surface area contributed by atoms with E-state index in [0.29, 0.717) is 6.61 Å². The smallest absolute Gasteiger partial charge is 0.330 e. The number of rotatable bonds is 5. The topological polar surface area (TPSA) is 83.5 Å². The van der Waals surface area contributed by atoms with Crippen LogP contribution in [-0.4, -0.2) is 60.3 Å². The van der Waals surface area contributed by atoms with Crippen molar-refractivity contribution >= 4 is 5.97 Å². The fraction of sp³-hybridized carbons (Fsp3) is 0.812. The molecule has 0 unspecified atom stereocenters. The maximum absolute atomic E-state index is 11.5. The summed E-state index contributed by atoms with van der Waals surface area (Å²) in [6, 6.07) is 0. The molecule has 7 heteroatoms. The Balaban J connectivity index is 2.06. The predicted octanol–water partition coefficient (Wildman–Crippen LogP) is 1.14. The second-order valence-electron chi connectivity index (χ2n) is 6.53. The van der Waals surface area contributed by atoms with Crippen LogP contribution in [0.3, 0.4) is 0 Å². The van der Waals surface area contributed by atoms with E-state index in [1.165, 1.54) is 6.08 Å². The molecular weight excluding hydrogens is 304 g/mol. The Morgan fingerprint density at radius 3 is 2.52 bits per heavy atom. The van der Waals surface area contributed by atoms with Gasteiger partial charge in [-0.15, -0.1) is 0 Å². The molecule has 0 aromatic rings. The van der Waals surface area contributed by atoms with Crippen molar-refractivity contribution in [3.05, 3.63) is 12.2 Å². The predicted molar refractivity (Wildman–Crippen MR) is 80.5 cm³/mol. The standard InChI is InChI=1S/C16H26O7/c1-6-19-12(17)8-7-10-14(23-16(4,5)21-10)13(18)11-9-20-15(2,3)22-11/h7-8,10-11,13-14,18H,6,9H2,1-5H3/b8-7+/t10-,11-,13-,14-/m1/s1. The van der Waals surface area contributed by atoms with Crippen molar-refractivity contribution in [2.24, 2.45) is 0 Å². The van der Waals surface area contributed by atoms with E-state index in [4.69, 9.17) is 23.7 Å². The zero-order chi connectivity index (χ0) is 17.3. The van der Waals surface area contributed by atoms with Gasteiger partial charge in [-0.25, -0.2) is 4.79 Å². The van der Waals surface area contributed by atoms with Crippen LogP contribution in [0.25, 0.3) is 0 Å². The summed E-state index contributed by atoms with van der Waals surface area (Å²) in [5.41, 5.74) is 0. The van der Waals surface area contributed by atoms with E-state index < -0.39 is 42.0 Å². The third-order valence-corrected chi connectivity index (χ3v) is 3.62. The average molecular weight is 330 g/mol. The van der Waals surface area contributed by atoms with Crippen molar-refractivity contribution in [1.29, 1.82) is 0 Å². The summed E-state index contributed by atoms with van der Waals surface area (Å²) in [6.45, 7) is 9.37. The molecule has 2 fully saturated rings. The molecule has 0 aromatic carbocycles. The highest BCUT2D eigenvalue weighted by Crippen LogP contribution is 2.34. The van der Waals surface area contributed by atoms with Crippen LogP contribution in [0.1, 0.15) is 34.6 Å². The second-order valence-corrected chi connectivity index (χ2v) is 6.53. The van der Waals surface area contributed by atoms with Gasteiger partial charge in [0.05, 0.1) is 13.2 Å². The van der Waals surface area contributed by atoms with Gasteiger partial charge in [0, 0.05) is 6.08 Å². The molecule has 7 nitrogen and oxygen atoms in total. The maximum atomic E-state index is 11.5. The lowest BCUT2D eigenvalue weighted by Crippen LogP contribution is -2.44. The zero-order valence-electron chi connectivity index (χ0n) is 14.3. The SMILES string of the molecule is CCOC(=O)/C=C/[C@H]1OC(C)(C)O[C@H]1[C@H](O)[C@H]1COC(C)(C)O1. The van der Waals surface area contributed by atoms with Crippen molar-refractivity contribution in [3.8, 4) is 0 Å². The number of carbonyl (C=O) groups excluding carboxylic acids is 1. The molecule has 132 valence electrons. The fourth-order valence-electron chi connectivity index (χ4n) is 2.69. The number of hydrogen-bond donors (Lipinski definition) is 1. The molecule has 2 saturated heterocycles. The first kappa shape index (κ1) is 18.4. The molecule has 0 aliphatic carbocycles. The van der Waals surface area contributed by atoms with Gasteiger partial charge in [0.2, 0.25) is 0 Å². The van der Waals surface area contributed by atoms with Gasteiger partial charge in [0.25, 0.3) is 0 Å². The largest absolute Gasteiger partial charge is 0.463 e. The molecule has 2 aliphatic heterocycles. The average Bonchev–Trinajstić information content (AvgIpc) is 2.95. The van der Waals surface area contributed by atoms with Gasteiger partial charge in [0.15, 0.2) is 11.6 Å². The summed E-state index contributed by atoms with van der Waals surface area (Å²) >= 11 is 0. The first-order valence-electron chi connectivity index (χ1n) is 7.84. The minimum atomic E-state index is -0.949. The summed E-state index contributed by atoms with van der Waals surface area (Å²) in [4.78, 5) is 11.5. The highest BCUT2D eigenvalue weighted by atomic mass is 16.8. The maximum Gasteiger partial charge on any atom is 0.330 e. The third kappa shape index (κ3) is 4.74. The van der Waals surface area contributed by atoms with Crippen LogP contribution in [0, 0.1) is 0 Å². The zero-order valence-corrected chi connectivity index (χ0v) is 14.3. The van der Waals surface area contributed by atoms with Crippen LogP contribution in [-0.2, 0) is 28.5 Å². The van der Waals surface area contributed by atoms with E-state index in [0.717, 1.165) is 0 Å². The quantitative estimate of drug-likeness (QED) is 0.598. The van der Waals surface area contributed by atoms with E-state index in [-0.39, 0.29) is 6.61 Å². The molecule has 2 rings (SSSR count). The molecule has 1 N–H and O–H groups in total. The van der Waals surface area contributed by atoms with Gasteiger partial charge in [-0.2, -0.15) is 0 Å². The molecule has 0 bridgehead atoms. The second kappa shape index (κ2) is 6.86. The molecule has 0 saturated carbocycles. The number of aliphatic hydroxyl groups excluding tert-OH is 1. The number of carbonyl (C=O) groups is 1. The monoisotopic (exact) mass is 330 g/mol.